The van der Waals surface area contributed by atoms with Gasteiger partial charge in [0.1, 0.15) is 0 Å². The zero-order valence-corrected chi connectivity index (χ0v) is 15.7. The number of hydrogen-bond acceptors (Lipinski definition) is 4. The number of thiophene rings is 1. The lowest BCUT2D eigenvalue weighted by Gasteiger charge is -2.21. The van der Waals surface area contributed by atoms with Crippen LogP contribution in [0, 0.1) is 0 Å². The summed E-state index contributed by atoms with van der Waals surface area (Å²) in [6.07, 6.45) is -0.502. The zero-order valence-electron chi connectivity index (χ0n) is 14.9. The number of benzene rings is 2. The van der Waals surface area contributed by atoms with Crippen molar-refractivity contribution in [2.24, 2.45) is 0 Å². The first kappa shape index (κ1) is 17.2. The van der Waals surface area contributed by atoms with Gasteiger partial charge in [0.2, 0.25) is 0 Å². The third-order valence-electron chi connectivity index (χ3n) is 5.11. The Kier molecular flexibility index (Phi) is 4.53. The highest BCUT2D eigenvalue weighted by Crippen LogP contribution is 2.34. The van der Waals surface area contributed by atoms with E-state index in [0.717, 1.165) is 11.1 Å². The highest BCUT2D eigenvalue weighted by Gasteiger charge is 2.35. The second-order valence-electron chi connectivity index (χ2n) is 7.03. The number of aliphatic hydroxyl groups excluding tert-OH is 1. The van der Waals surface area contributed by atoms with E-state index in [1.54, 1.807) is 16.2 Å². The quantitative estimate of drug-likeness (QED) is 0.773. The predicted octanol–water partition coefficient (Wildman–Crippen LogP) is 3.32. The normalized spacial score (nSPS) is 20.2. The van der Waals surface area contributed by atoms with E-state index < -0.39 is 6.10 Å². The molecule has 1 fully saturated rings. The molecule has 1 N–H and O–H groups in total. The molecule has 1 aromatic heterocycles. The van der Waals surface area contributed by atoms with E-state index in [9.17, 15) is 9.90 Å². The molecule has 1 aliphatic rings. The average molecular weight is 366 g/mol. The summed E-state index contributed by atoms with van der Waals surface area (Å²) in [5, 5.41) is 13.6. The molecule has 0 radical (unpaired) electrons. The Morgan fingerprint density at radius 1 is 1.15 bits per heavy atom. The number of rotatable bonds is 3. The fraction of sp³-hybridized carbons (Fsp3) is 0.286. The molecule has 5 heteroatoms. The number of carbonyl (C=O) groups is 1. The fourth-order valence-corrected chi connectivity index (χ4v) is 4.62. The van der Waals surface area contributed by atoms with Crippen molar-refractivity contribution in [1.29, 1.82) is 0 Å². The van der Waals surface area contributed by atoms with Gasteiger partial charge in [-0.15, -0.1) is 11.3 Å². The first-order valence-electron chi connectivity index (χ1n) is 8.75. The molecular weight excluding hydrogens is 344 g/mol. The van der Waals surface area contributed by atoms with Crippen LogP contribution in [0.3, 0.4) is 0 Å². The predicted molar refractivity (Wildman–Crippen MR) is 107 cm³/mol. The van der Waals surface area contributed by atoms with Gasteiger partial charge >= 0.3 is 0 Å². The monoisotopic (exact) mass is 366 g/mol. The Bertz CT molecular complexity index is 950. The summed E-state index contributed by atoms with van der Waals surface area (Å²) < 4.78 is 1.25. The highest BCUT2D eigenvalue weighted by atomic mass is 32.1. The maximum absolute atomic E-state index is 12.9. The van der Waals surface area contributed by atoms with Crippen LogP contribution < -0.4 is 0 Å². The lowest BCUT2D eigenvalue weighted by Crippen LogP contribution is -2.38. The molecule has 1 aliphatic heterocycles. The van der Waals surface area contributed by atoms with Crippen LogP contribution in [0.2, 0.25) is 0 Å². The Morgan fingerprint density at radius 3 is 2.73 bits per heavy atom. The molecule has 4 rings (SSSR count). The Morgan fingerprint density at radius 2 is 1.96 bits per heavy atom. The molecule has 2 heterocycles. The molecule has 134 valence electrons. The molecule has 2 aromatic carbocycles. The van der Waals surface area contributed by atoms with E-state index in [4.69, 9.17) is 0 Å². The van der Waals surface area contributed by atoms with Crippen LogP contribution in [-0.4, -0.2) is 60.1 Å². The van der Waals surface area contributed by atoms with Crippen LogP contribution in [0.4, 0.5) is 0 Å². The second-order valence-corrected chi connectivity index (χ2v) is 7.95. The van der Waals surface area contributed by atoms with Gasteiger partial charge in [-0.3, -0.25) is 4.79 Å². The van der Waals surface area contributed by atoms with Crippen LogP contribution in [0.1, 0.15) is 10.4 Å². The molecule has 0 spiro atoms. The first-order chi connectivity index (χ1) is 12.5. The highest BCUT2D eigenvalue weighted by molar-refractivity contribution is 7.17. The van der Waals surface area contributed by atoms with Gasteiger partial charge in [-0.25, -0.2) is 0 Å². The van der Waals surface area contributed by atoms with E-state index in [2.05, 4.69) is 17.5 Å². The van der Waals surface area contributed by atoms with Crippen molar-refractivity contribution in [2.75, 3.05) is 27.2 Å². The Hall–Kier alpha value is -2.21. The van der Waals surface area contributed by atoms with Gasteiger partial charge < -0.3 is 14.9 Å². The van der Waals surface area contributed by atoms with Gasteiger partial charge in [-0.05, 0) is 43.2 Å². The van der Waals surface area contributed by atoms with E-state index in [1.807, 2.05) is 55.4 Å². The van der Waals surface area contributed by atoms with Crippen molar-refractivity contribution in [3.05, 3.63) is 59.5 Å². The largest absolute Gasteiger partial charge is 0.390 e. The van der Waals surface area contributed by atoms with Gasteiger partial charge in [0.15, 0.2) is 0 Å². The van der Waals surface area contributed by atoms with Crippen molar-refractivity contribution in [3.8, 4) is 11.1 Å². The van der Waals surface area contributed by atoms with E-state index in [-0.39, 0.29) is 11.9 Å². The SMILES string of the molecule is CN(C)C1CN(C(=O)c2cccc(-c3csc4ccccc34)c2)CC1O. The smallest absolute Gasteiger partial charge is 0.254 e. The number of fused-ring (bicyclic) bond motifs is 1. The van der Waals surface area contributed by atoms with Crippen LogP contribution in [-0.2, 0) is 0 Å². The van der Waals surface area contributed by atoms with E-state index in [1.165, 1.54) is 10.1 Å². The maximum atomic E-state index is 12.9. The minimum Gasteiger partial charge on any atom is -0.390 e. The summed E-state index contributed by atoms with van der Waals surface area (Å²) in [5.41, 5.74) is 2.88. The maximum Gasteiger partial charge on any atom is 0.254 e. The number of β-amino-alcohol motifs (C(OH)–C–C–N with tert-alkyl or cyclic N) is 1. The summed E-state index contributed by atoms with van der Waals surface area (Å²) >= 11 is 1.72. The summed E-state index contributed by atoms with van der Waals surface area (Å²) in [7, 11) is 3.87. The first-order valence-corrected chi connectivity index (χ1v) is 9.63. The molecule has 1 amide bonds. The molecule has 4 nitrogen and oxygen atoms in total. The number of amides is 1. The van der Waals surface area contributed by atoms with Gasteiger partial charge in [0.05, 0.1) is 12.1 Å². The van der Waals surface area contributed by atoms with Crippen molar-refractivity contribution >= 4 is 27.3 Å². The van der Waals surface area contributed by atoms with Crippen molar-refractivity contribution in [1.82, 2.24) is 9.80 Å². The molecule has 1 saturated heterocycles. The van der Waals surface area contributed by atoms with Gasteiger partial charge in [0, 0.05) is 34.3 Å². The topological polar surface area (TPSA) is 43.8 Å². The molecule has 2 atom stereocenters. The zero-order chi connectivity index (χ0) is 18.3. The van der Waals surface area contributed by atoms with Gasteiger partial charge in [-0.1, -0.05) is 30.3 Å². The van der Waals surface area contributed by atoms with Gasteiger partial charge in [-0.2, -0.15) is 0 Å². The third-order valence-corrected chi connectivity index (χ3v) is 6.07. The van der Waals surface area contributed by atoms with Crippen molar-refractivity contribution in [2.45, 2.75) is 12.1 Å². The number of likely N-dealkylation sites (N-methyl/N-ethyl adjacent to an activating group) is 1. The molecule has 26 heavy (non-hydrogen) atoms. The molecule has 2 unspecified atom stereocenters. The summed E-state index contributed by atoms with van der Waals surface area (Å²) in [6, 6.07) is 16.1. The number of hydrogen-bond donors (Lipinski definition) is 1. The van der Waals surface area contributed by atoms with E-state index in [0.29, 0.717) is 18.7 Å². The molecule has 3 aromatic rings. The summed E-state index contributed by atoms with van der Waals surface area (Å²) in [4.78, 5) is 16.7. The van der Waals surface area contributed by atoms with Crippen molar-refractivity contribution < 1.29 is 9.90 Å². The lowest BCUT2D eigenvalue weighted by atomic mass is 10.0. The van der Waals surface area contributed by atoms with Gasteiger partial charge in [0.25, 0.3) is 5.91 Å². The number of aliphatic hydroxyl groups is 1. The minimum absolute atomic E-state index is 0.0112. The molecular formula is C21H22N2O2S. The van der Waals surface area contributed by atoms with Crippen LogP contribution >= 0.6 is 11.3 Å². The number of likely N-dealkylation sites (tertiary alicyclic amines) is 1. The molecule has 0 bridgehead atoms. The minimum atomic E-state index is -0.502. The number of carbonyl (C=O) groups excluding carboxylic acids is 1. The number of nitrogens with zero attached hydrogens (tertiary/aromatic N) is 2. The standard InChI is InChI=1S/C21H22N2O2S/c1-22(2)18-11-23(12-19(18)24)21(25)15-7-5-6-14(10-15)17-13-26-20-9-4-3-8-16(17)20/h3-10,13,18-19,24H,11-12H2,1-2H3. The third kappa shape index (κ3) is 3.03. The van der Waals surface area contributed by atoms with Crippen LogP contribution in [0.5, 0.6) is 0 Å². The lowest BCUT2D eigenvalue weighted by molar-refractivity contribution is 0.0764. The summed E-state index contributed by atoms with van der Waals surface area (Å²) in [6.45, 7) is 0.936. The second kappa shape index (κ2) is 6.83. The average Bonchev–Trinajstić information content (AvgIpc) is 3.25. The molecule has 0 saturated carbocycles. The van der Waals surface area contributed by atoms with Crippen molar-refractivity contribution in [3.63, 3.8) is 0 Å². The van der Waals surface area contributed by atoms with Crippen LogP contribution in [0.25, 0.3) is 21.2 Å². The molecule has 0 aliphatic carbocycles. The van der Waals surface area contributed by atoms with E-state index >= 15 is 0 Å². The Labute approximate surface area is 157 Å². The van der Waals surface area contributed by atoms with Crippen LogP contribution in [0.15, 0.2) is 53.9 Å². The Balaban J connectivity index is 1.63. The fourth-order valence-electron chi connectivity index (χ4n) is 3.65. The summed E-state index contributed by atoms with van der Waals surface area (Å²) in [5.74, 6) is -0.0187.